The van der Waals surface area contributed by atoms with Gasteiger partial charge in [0.05, 0.1) is 0 Å². The van der Waals surface area contributed by atoms with E-state index >= 15 is 0 Å². The lowest BCUT2D eigenvalue weighted by molar-refractivity contribution is -0.147. The number of aliphatic carboxylic acids is 1. The van der Waals surface area contributed by atoms with E-state index in [1.165, 1.54) is 40.0 Å². The molecule has 8 nitrogen and oxygen atoms in total. The molecule has 3 N–H and O–H groups in total. The van der Waals surface area contributed by atoms with E-state index < -0.39 is 12.0 Å². The van der Waals surface area contributed by atoms with Gasteiger partial charge in [0, 0.05) is 18.6 Å². The second-order valence-electron chi connectivity index (χ2n) is 4.89. The van der Waals surface area contributed by atoms with Gasteiger partial charge in [0.15, 0.2) is 10.2 Å². The van der Waals surface area contributed by atoms with Crippen molar-refractivity contribution >= 4 is 46.9 Å². The van der Waals surface area contributed by atoms with Crippen LogP contribution in [0.15, 0.2) is 15.6 Å². The van der Waals surface area contributed by atoms with Crippen molar-refractivity contribution in [1.82, 2.24) is 14.3 Å². The van der Waals surface area contributed by atoms with Crippen molar-refractivity contribution in [1.29, 1.82) is 0 Å². The normalized spacial score (nSPS) is 23.7. The van der Waals surface area contributed by atoms with Crippen molar-refractivity contribution in [2.75, 3.05) is 18.6 Å². The summed E-state index contributed by atoms with van der Waals surface area (Å²) in [6.45, 7) is 0.345. The fraction of sp³-hybridized carbons (Fsp3) is 0.500. The molecule has 3 heterocycles. The molecule has 1 unspecified atom stereocenters. The predicted octanol–water partition coefficient (Wildman–Crippen LogP) is 0.358. The first-order valence-corrected chi connectivity index (χ1v) is 9.43. The molecule has 0 spiro atoms. The zero-order chi connectivity index (χ0) is 16.6. The number of carbonyl (C=O) groups is 2. The molecule has 0 saturated carbocycles. The summed E-state index contributed by atoms with van der Waals surface area (Å²) in [6.07, 6.45) is 0. The molecule has 0 radical (unpaired) electrons. The Morgan fingerprint density at radius 2 is 2.39 bits per heavy atom. The maximum absolute atomic E-state index is 11.9. The first kappa shape index (κ1) is 16.7. The number of nitrogens with zero attached hydrogens (tertiary/aromatic N) is 3. The van der Waals surface area contributed by atoms with E-state index in [0.717, 1.165) is 4.34 Å². The van der Waals surface area contributed by atoms with Gasteiger partial charge in [-0.1, -0.05) is 11.8 Å². The Hall–Kier alpha value is -1.14. The number of hydrogen-bond acceptors (Lipinski definition) is 9. The van der Waals surface area contributed by atoms with Crippen LogP contribution in [0.2, 0.25) is 0 Å². The molecule has 2 aliphatic rings. The number of carboxylic acids is 1. The van der Waals surface area contributed by atoms with E-state index in [2.05, 4.69) is 9.36 Å². The second kappa shape index (κ2) is 6.77. The molecule has 0 bridgehead atoms. The second-order valence-corrected chi connectivity index (χ2v) is 7.97. The Bertz CT molecular complexity index is 677. The molecule has 11 heteroatoms. The number of thioether (sulfide) groups is 2. The van der Waals surface area contributed by atoms with E-state index in [4.69, 9.17) is 10.5 Å². The predicted molar refractivity (Wildman–Crippen MR) is 87.1 cm³/mol. The van der Waals surface area contributed by atoms with Gasteiger partial charge in [-0.2, -0.15) is 4.37 Å². The summed E-state index contributed by atoms with van der Waals surface area (Å²) in [5.41, 5.74) is 6.49. The summed E-state index contributed by atoms with van der Waals surface area (Å²) >= 11 is 4.15. The average molecular weight is 374 g/mol. The highest BCUT2D eigenvalue weighted by Gasteiger charge is 2.51. The van der Waals surface area contributed by atoms with Crippen molar-refractivity contribution in [2.45, 2.75) is 22.4 Å². The molecule has 1 fully saturated rings. The summed E-state index contributed by atoms with van der Waals surface area (Å²) in [6, 6.07) is -0.608. The molecule has 1 amide bonds. The van der Waals surface area contributed by atoms with Gasteiger partial charge in [-0.3, -0.25) is 9.69 Å². The molecule has 1 aromatic rings. The third-order valence-corrected chi connectivity index (χ3v) is 6.70. The number of fused-ring (bicyclic) bond motifs is 1. The number of carboxylic acid groups (broad SMARTS) is 1. The number of rotatable bonds is 6. The molecule has 2 aliphatic heterocycles. The van der Waals surface area contributed by atoms with Crippen LogP contribution in [0.5, 0.6) is 0 Å². The monoisotopic (exact) mass is 374 g/mol. The van der Waals surface area contributed by atoms with Gasteiger partial charge in [-0.15, -0.1) is 11.8 Å². The Labute approximate surface area is 144 Å². The summed E-state index contributed by atoms with van der Waals surface area (Å²) in [7, 11) is 1.57. The zero-order valence-corrected chi connectivity index (χ0v) is 14.5. The fourth-order valence-corrected chi connectivity index (χ4v) is 5.38. The van der Waals surface area contributed by atoms with Gasteiger partial charge in [0.25, 0.3) is 0 Å². The van der Waals surface area contributed by atoms with Crippen molar-refractivity contribution in [3.63, 3.8) is 0 Å². The third-order valence-electron chi connectivity index (χ3n) is 3.38. The maximum Gasteiger partial charge on any atom is 0.352 e. The Kier molecular flexibility index (Phi) is 4.92. The zero-order valence-electron chi connectivity index (χ0n) is 12.1. The number of methoxy groups -OCH3 is 1. The van der Waals surface area contributed by atoms with Gasteiger partial charge in [-0.05, 0) is 17.1 Å². The number of aromatic nitrogens is 2. The van der Waals surface area contributed by atoms with Crippen LogP contribution in [0.4, 0.5) is 0 Å². The van der Waals surface area contributed by atoms with Gasteiger partial charge in [-0.25, -0.2) is 9.78 Å². The van der Waals surface area contributed by atoms with Crippen molar-refractivity contribution in [3.8, 4) is 0 Å². The number of β-lactam (4-membered cyclic amide) rings is 1. The van der Waals surface area contributed by atoms with E-state index in [9.17, 15) is 14.7 Å². The van der Waals surface area contributed by atoms with E-state index in [-0.39, 0.29) is 17.0 Å². The Balaban J connectivity index is 1.74. The maximum atomic E-state index is 11.9. The lowest BCUT2D eigenvalue weighted by Crippen LogP contribution is -2.68. The molecule has 124 valence electrons. The van der Waals surface area contributed by atoms with Crippen LogP contribution < -0.4 is 5.73 Å². The van der Waals surface area contributed by atoms with Crippen molar-refractivity contribution < 1.29 is 19.4 Å². The van der Waals surface area contributed by atoms with Crippen LogP contribution in [-0.4, -0.2) is 61.3 Å². The van der Waals surface area contributed by atoms with Gasteiger partial charge in [0.2, 0.25) is 5.91 Å². The molecule has 1 aromatic heterocycles. The van der Waals surface area contributed by atoms with Crippen LogP contribution in [0.1, 0.15) is 5.82 Å². The minimum absolute atomic E-state index is 0.0644. The highest BCUT2D eigenvalue weighted by Crippen LogP contribution is 2.40. The molecule has 2 atom stereocenters. The third kappa shape index (κ3) is 3.11. The smallest absolute Gasteiger partial charge is 0.352 e. The summed E-state index contributed by atoms with van der Waals surface area (Å²) < 4.78 is 9.86. The van der Waals surface area contributed by atoms with Gasteiger partial charge < -0.3 is 15.6 Å². The highest BCUT2D eigenvalue weighted by atomic mass is 32.2. The molecule has 23 heavy (non-hydrogen) atoms. The van der Waals surface area contributed by atoms with Crippen LogP contribution in [0.3, 0.4) is 0 Å². The molecule has 3 rings (SSSR count). The number of amides is 1. The Morgan fingerprint density at radius 3 is 3.09 bits per heavy atom. The SMILES string of the molecule is COCc1nsc(SCC2=C(C(=O)O)N3C(=O)C(N)[C@H]3SC2)n1. The minimum atomic E-state index is -1.09. The lowest BCUT2D eigenvalue weighted by Gasteiger charge is -2.48. The van der Waals surface area contributed by atoms with Crippen LogP contribution in [0.25, 0.3) is 0 Å². The van der Waals surface area contributed by atoms with E-state index in [1.54, 1.807) is 7.11 Å². The standard InChI is InChI=1S/C12H14N4O4S3/c1-20-2-6-14-12(23-15-6)22-4-5-3-21-10-7(13)9(17)16(10)8(5)11(18)19/h7,10H,2-4,13H2,1H3,(H,18,19)/t7?,10-/m1/s1. The average Bonchev–Trinajstić information content (AvgIpc) is 2.99. The van der Waals surface area contributed by atoms with Gasteiger partial charge in [0.1, 0.15) is 23.7 Å². The van der Waals surface area contributed by atoms with Crippen LogP contribution >= 0.6 is 35.1 Å². The van der Waals surface area contributed by atoms with Crippen molar-refractivity contribution in [3.05, 3.63) is 17.1 Å². The minimum Gasteiger partial charge on any atom is -0.477 e. The summed E-state index contributed by atoms with van der Waals surface area (Å²) in [4.78, 5) is 29.0. The summed E-state index contributed by atoms with van der Waals surface area (Å²) in [5.74, 6) is 0.168. The molecule has 0 aliphatic carbocycles. The quantitative estimate of drug-likeness (QED) is 0.537. The fourth-order valence-electron chi connectivity index (χ4n) is 2.32. The summed E-state index contributed by atoms with van der Waals surface area (Å²) in [5, 5.41) is 9.19. The van der Waals surface area contributed by atoms with Crippen LogP contribution in [-0.2, 0) is 20.9 Å². The van der Waals surface area contributed by atoms with Crippen molar-refractivity contribution in [2.24, 2.45) is 5.73 Å². The molecular formula is C12H14N4O4S3. The highest BCUT2D eigenvalue weighted by molar-refractivity contribution is 8.01. The molecule has 0 aromatic carbocycles. The largest absolute Gasteiger partial charge is 0.477 e. The number of nitrogens with two attached hydrogens (primary N) is 1. The number of ether oxygens (including phenoxy) is 1. The van der Waals surface area contributed by atoms with Gasteiger partial charge >= 0.3 is 5.97 Å². The van der Waals surface area contributed by atoms with E-state index in [1.807, 2.05) is 0 Å². The molecule has 1 saturated heterocycles. The first-order valence-electron chi connectivity index (χ1n) is 6.62. The lowest BCUT2D eigenvalue weighted by atomic mass is 10.0. The Morgan fingerprint density at radius 1 is 1.61 bits per heavy atom. The number of hydrogen-bond donors (Lipinski definition) is 2. The number of carbonyl (C=O) groups excluding carboxylic acids is 1. The first-order chi connectivity index (χ1) is 11.0. The topological polar surface area (TPSA) is 119 Å². The van der Waals surface area contributed by atoms with Crippen LogP contribution in [0, 0.1) is 0 Å². The molecular weight excluding hydrogens is 360 g/mol. The van der Waals surface area contributed by atoms with E-state index in [0.29, 0.717) is 29.5 Å².